The van der Waals surface area contributed by atoms with Gasteiger partial charge in [-0.1, -0.05) is 30.3 Å². The fourth-order valence-corrected chi connectivity index (χ4v) is 1.47. The van der Waals surface area contributed by atoms with Crippen molar-refractivity contribution in [2.24, 2.45) is 0 Å². The van der Waals surface area contributed by atoms with Crippen LogP contribution in [0.2, 0.25) is 0 Å². The number of hydrogen-bond acceptors (Lipinski definition) is 4. The van der Waals surface area contributed by atoms with Crippen LogP contribution >= 0.6 is 15.9 Å². The quantitative estimate of drug-likeness (QED) is 0.847. The van der Waals surface area contributed by atoms with Crippen molar-refractivity contribution >= 4 is 15.9 Å². The third-order valence-electron chi connectivity index (χ3n) is 1.63. The molecule has 0 bridgehead atoms. The minimum absolute atomic E-state index is 0. The topological polar surface area (TPSA) is 73.7 Å². The molecule has 0 saturated heterocycles. The van der Waals surface area contributed by atoms with Crippen LogP contribution in [0.25, 0.3) is 11.3 Å². The first-order valence-electron chi connectivity index (χ1n) is 3.76. The second kappa shape index (κ2) is 4.78. The van der Waals surface area contributed by atoms with E-state index in [2.05, 4.69) is 31.1 Å². The van der Waals surface area contributed by atoms with Gasteiger partial charge in [0, 0.05) is 5.56 Å². The van der Waals surface area contributed by atoms with Gasteiger partial charge < -0.3 is 6.15 Å². The normalized spacial score (nSPS) is 9.21. The number of hydrogen-bond donors (Lipinski definition) is 1. The van der Waals surface area contributed by atoms with E-state index in [0.717, 1.165) is 11.3 Å². The largest absolute Gasteiger partial charge is 0.344 e. The van der Waals surface area contributed by atoms with Crippen LogP contribution in [-0.2, 0) is 0 Å². The summed E-state index contributed by atoms with van der Waals surface area (Å²) in [6.45, 7) is 0. The molecule has 0 radical (unpaired) electrons. The van der Waals surface area contributed by atoms with Gasteiger partial charge in [-0.25, -0.2) is 4.98 Å². The van der Waals surface area contributed by atoms with E-state index in [0.29, 0.717) is 4.60 Å². The van der Waals surface area contributed by atoms with Gasteiger partial charge in [0.1, 0.15) is 12.0 Å². The molecule has 1 heterocycles. The number of nitrogens with zero attached hydrogens (tertiary/aromatic N) is 3. The molecule has 0 aliphatic rings. The van der Waals surface area contributed by atoms with E-state index in [4.69, 9.17) is 0 Å². The standard InChI is InChI=1S/C9H6BrN3.H3N/c10-9-8(11-6-12-13-9)7-4-2-1-3-5-7;/h1-6H;1H3. The van der Waals surface area contributed by atoms with E-state index >= 15 is 0 Å². The molecule has 0 amide bonds. The van der Waals surface area contributed by atoms with Crippen molar-refractivity contribution in [1.82, 2.24) is 21.3 Å². The molecule has 0 aliphatic carbocycles. The van der Waals surface area contributed by atoms with E-state index < -0.39 is 0 Å². The van der Waals surface area contributed by atoms with E-state index in [1.165, 1.54) is 6.33 Å². The molecule has 0 saturated carbocycles. The Morgan fingerprint density at radius 1 is 1.07 bits per heavy atom. The second-order valence-corrected chi connectivity index (χ2v) is 3.22. The predicted molar refractivity (Wildman–Crippen MR) is 58.0 cm³/mol. The summed E-state index contributed by atoms with van der Waals surface area (Å²) < 4.78 is 0.668. The highest BCUT2D eigenvalue weighted by atomic mass is 79.9. The Morgan fingerprint density at radius 3 is 2.43 bits per heavy atom. The van der Waals surface area contributed by atoms with Gasteiger partial charge in [0.15, 0.2) is 4.60 Å². The highest BCUT2D eigenvalue weighted by Crippen LogP contribution is 2.22. The zero-order chi connectivity index (χ0) is 9.10. The summed E-state index contributed by atoms with van der Waals surface area (Å²) >= 11 is 3.30. The molecule has 0 fully saturated rings. The molecule has 72 valence electrons. The molecular weight excluding hydrogens is 244 g/mol. The SMILES string of the molecule is Brc1nncnc1-c1ccccc1.N. The molecule has 14 heavy (non-hydrogen) atoms. The van der Waals surface area contributed by atoms with Crippen molar-refractivity contribution in [3.63, 3.8) is 0 Å². The van der Waals surface area contributed by atoms with Gasteiger partial charge >= 0.3 is 0 Å². The van der Waals surface area contributed by atoms with Crippen molar-refractivity contribution in [2.75, 3.05) is 0 Å². The summed E-state index contributed by atoms with van der Waals surface area (Å²) in [5.74, 6) is 0. The highest BCUT2D eigenvalue weighted by molar-refractivity contribution is 9.10. The Morgan fingerprint density at radius 2 is 1.79 bits per heavy atom. The van der Waals surface area contributed by atoms with Gasteiger partial charge in [-0.3, -0.25) is 0 Å². The zero-order valence-electron chi connectivity index (χ0n) is 7.39. The van der Waals surface area contributed by atoms with Crippen LogP contribution in [0, 0.1) is 0 Å². The van der Waals surface area contributed by atoms with Crippen molar-refractivity contribution < 1.29 is 0 Å². The molecule has 5 heteroatoms. The van der Waals surface area contributed by atoms with Crippen LogP contribution in [0.15, 0.2) is 41.3 Å². The molecule has 1 aromatic heterocycles. The Bertz CT molecular complexity index is 405. The molecular formula is C9H9BrN4. The van der Waals surface area contributed by atoms with Crippen molar-refractivity contribution in [3.8, 4) is 11.3 Å². The average Bonchev–Trinajstić information content (AvgIpc) is 2.20. The van der Waals surface area contributed by atoms with Crippen molar-refractivity contribution in [2.45, 2.75) is 0 Å². The van der Waals surface area contributed by atoms with Crippen LogP contribution < -0.4 is 6.15 Å². The fourth-order valence-electron chi connectivity index (χ4n) is 1.05. The molecule has 4 nitrogen and oxygen atoms in total. The number of aromatic nitrogens is 3. The van der Waals surface area contributed by atoms with E-state index in [-0.39, 0.29) is 6.15 Å². The second-order valence-electron chi connectivity index (χ2n) is 2.47. The highest BCUT2D eigenvalue weighted by Gasteiger charge is 2.03. The number of halogens is 1. The Balaban J connectivity index is 0.000000980. The maximum absolute atomic E-state index is 4.13. The maximum atomic E-state index is 4.13. The van der Waals surface area contributed by atoms with Gasteiger partial charge in [-0.2, -0.15) is 0 Å². The molecule has 0 aliphatic heterocycles. The Labute approximate surface area is 90.1 Å². The summed E-state index contributed by atoms with van der Waals surface area (Å²) in [5, 5.41) is 7.52. The van der Waals surface area contributed by atoms with Crippen LogP contribution in [0.3, 0.4) is 0 Å². The van der Waals surface area contributed by atoms with Crippen LogP contribution in [0.4, 0.5) is 0 Å². The minimum Gasteiger partial charge on any atom is -0.344 e. The third-order valence-corrected chi connectivity index (χ3v) is 2.16. The molecule has 2 aromatic rings. The van der Waals surface area contributed by atoms with Crippen molar-refractivity contribution in [3.05, 3.63) is 41.3 Å². The van der Waals surface area contributed by atoms with Gasteiger partial charge in [-0.05, 0) is 15.9 Å². The van der Waals surface area contributed by atoms with Crippen LogP contribution in [0.5, 0.6) is 0 Å². The number of rotatable bonds is 1. The van der Waals surface area contributed by atoms with Gasteiger partial charge in [0.2, 0.25) is 0 Å². The molecule has 2 rings (SSSR count). The van der Waals surface area contributed by atoms with Crippen LogP contribution in [-0.4, -0.2) is 15.2 Å². The summed E-state index contributed by atoms with van der Waals surface area (Å²) in [6, 6.07) is 9.85. The molecule has 0 unspecified atom stereocenters. The number of benzene rings is 1. The predicted octanol–water partition coefficient (Wildman–Crippen LogP) is 2.46. The van der Waals surface area contributed by atoms with Crippen LogP contribution in [0.1, 0.15) is 0 Å². The molecule has 0 spiro atoms. The first-order valence-corrected chi connectivity index (χ1v) is 4.56. The van der Waals surface area contributed by atoms with Gasteiger partial charge in [-0.15, -0.1) is 10.2 Å². The first-order chi connectivity index (χ1) is 6.38. The minimum atomic E-state index is 0. The lowest BCUT2D eigenvalue weighted by molar-refractivity contribution is 0.950. The average molecular weight is 253 g/mol. The lowest BCUT2D eigenvalue weighted by atomic mass is 10.2. The summed E-state index contributed by atoms with van der Waals surface area (Å²) in [6.07, 6.45) is 1.44. The van der Waals surface area contributed by atoms with E-state index in [1.54, 1.807) is 0 Å². The Hall–Kier alpha value is -1.33. The maximum Gasteiger partial charge on any atom is 0.155 e. The smallest absolute Gasteiger partial charge is 0.155 e. The summed E-state index contributed by atoms with van der Waals surface area (Å²) in [7, 11) is 0. The lowest BCUT2D eigenvalue weighted by Gasteiger charge is -1.99. The molecule has 0 atom stereocenters. The van der Waals surface area contributed by atoms with Gasteiger partial charge in [0.25, 0.3) is 0 Å². The van der Waals surface area contributed by atoms with E-state index in [9.17, 15) is 0 Å². The van der Waals surface area contributed by atoms with Gasteiger partial charge in [0.05, 0.1) is 0 Å². The molecule has 1 aromatic carbocycles. The first kappa shape index (κ1) is 10.7. The fraction of sp³-hybridized carbons (Fsp3) is 0. The monoisotopic (exact) mass is 252 g/mol. The summed E-state index contributed by atoms with van der Waals surface area (Å²) in [4.78, 5) is 4.13. The lowest BCUT2D eigenvalue weighted by Crippen LogP contribution is -1.90. The Kier molecular flexibility index (Phi) is 3.67. The summed E-state index contributed by atoms with van der Waals surface area (Å²) in [5.41, 5.74) is 1.85. The van der Waals surface area contributed by atoms with E-state index in [1.807, 2.05) is 30.3 Å². The molecule has 3 N–H and O–H groups in total. The third kappa shape index (κ3) is 2.12. The van der Waals surface area contributed by atoms with Crippen molar-refractivity contribution in [1.29, 1.82) is 0 Å². The zero-order valence-corrected chi connectivity index (χ0v) is 8.98.